The van der Waals surface area contributed by atoms with Crippen LogP contribution < -0.4 is 16.0 Å². The maximum Gasteiger partial charge on any atom is 0.331 e. The predicted octanol–water partition coefficient (Wildman–Crippen LogP) is 1.17. The molecule has 13 heteroatoms. The normalized spacial score (nSPS) is 13.2. The summed E-state index contributed by atoms with van der Waals surface area (Å²) in [6.07, 6.45) is -0.292. The van der Waals surface area contributed by atoms with Crippen LogP contribution in [0.1, 0.15) is 80.6 Å². The molecule has 0 aliphatic heterocycles. The zero-order valence-electron chi connectivity index (χ0n) is 24.8. The lowest BCUT2D eigenvalue weighted by molar-refractivity contribution is -0.171. The number of ether oxygens (including phenoxy) is 3. The van der Waals surface area contributed by atoms with Gasteiger partial charge in [-0.2, -0.15) is 0 Å². The first-order valence-electron chi connectivity index (χ1n) is 13.3. The molecule has 228 valence electrons. The number of Topliss-reactive ketones (excluding diaryl/α,β-unsaturated/α-hetero) is 1. The molecule has 3 N–H and O–H groups in total. The van der Waals surface area contributed by atoms with E-state index in [0.717, 1.165) is 0 Å². The molecule has 0 aromatic carbocycles. The van der Waals surface area contributed by atoms with E-state index >= 15 is 0 Å². The average molecular weight is 572 g/mol. The Kier molecular flexibility index (Phi) is 17.1. The minimum Gasteiger partial charge on any atom is -0.467 e. The third-order valence-corrected chi connectivity index (χ3v) is 5.31. The Morgan fingerprint density at radius 1 is 0.550 bits per heavy atom. The summed E-state index contributed by atoms with van der Waals surface area (Å²) in [5, 5.41) is 7.37. The molecule has 0 rings (SSSR count). The minimum atomic E-state index is -1.13. The molecule has 0 spiro atoms. The Hall–Kier alpha value is -3.51. The van der Waals surface area contributed by atoms with Crippen molar-refractivity contribution in [3.8, 4) is 0 Å². The molecule has 3 unspecified atom stereocenters. The van der Waals surface area contributed by atoms with Crippen molar-refractivity contribution < 1.29 is 47.8 Å². The van der Waals surface area contributed by atoms with Gasteiger partial charge in [0.25, 0.3) is 0 Å². The van der Waals surface area contributed by atoms with E-state index in [9.17, 15) is 33.6 Å². The lowest BCUT2D eigenvalue weighted by Crippen LogP contribution is -2.47. The maximum atomic E-state index is 12.7. The number of esters is 3. The molecule has 0 bridgehead atoms. The summed E-state index contributed by atoms with van der Waals surface area (Å²) in [6.45, 7) is 11.5. The largest absolute Gasteiger partial charge is 0.467 e. The van der Waals surface area contributed by atoms with Crippen LogP contribution in [0.3, 0.4) is 0 Å². The van der Waals surface area contributed by atoms with Gasteiger partial charge in [-0.1, -0.05) is 41.5 Å². The first-order valence-corrected chi connectivity index (χ1v) is 13.3. The number of carbonyl (C=O) groups is 7. The summed E-state index contributed by atoms with van der Waals surface area (Å²) in [6, 6.07) is -3.09. The van der Waals surface area contributed by atoms with Crippen molar-refractivity contribution in [2.45, 2.75) is 98.7 Å². The highest BCUT2D eigenvalue weighted by Crippen LogP contribution is 2.10. The maximum absolute atomic E-state index is 12.7. The van der Waals surface area contributed by atoms with Gasteiger partial charge in [-0.25, -0.2) is 14.4 Å². The van der Waals surface area contributed by atoms with E-state index in [-0.39, 0.29) is 42.8 Å². The van der Waals surface area contributed by atoms with Gasteiger partial charge in [-0.05, 0) is 43.9 Å². The fraction of sp³-hybridized carbons (Fsp3) is 0.741. The van der Waals surface area contributed by atoms with E-state index < -0.39 is 67.0 Å². The lowest BCUT2D eigenvalue weighted by Gasteiger charge is -2.21. The van der Waals surface area contributed by atoms with Gasteiger partial charge in [-0.3, -0.25) is 19.2 Å². The van der Waals surface area contributed by atoms with Crippen LogP contribution >= 0.6 is 0 Å². The highest BCUT2D eigenvalue weighted by atomic mass is 16.7. The molecular weight excluding hydrogens is 526 g/mol. The van der Waals surface area contributed by atoms with Crippen molar-refractivity contribution >= 4 is 41.4 Å². The van der Waals surface area contributed by atoms with Crippen LogP contribution in [0.4, 0.5) is 0 Å². The molecule has 0 aromatic heterocycles. The Morgan fingerprint density at radius 2 is 0.875 bits per heavy atom. The Morgan fingerprint density at radius 3 is 1.18 bits per heavy atom. The van der Waals surface area contributed by atoms with Gasteiger partial charge in [0, 0.05) is 0 Å². The van der Waals surface area contributed by atoms with Crippen LogP contribution in [0.15, 0.2) is 0 Å². The van der Waals surface area contributed by atoms with Gasteiger partial charge < -0.3 is 30.2 Å². The average Bonchev–Trinajstić information content (AvgIpc) is 2.80. The molecule has 0 fully saturated rings. The number of hydrogen-bond donors (Lipinski definition) is 3. The molecule has 0 heterocycles. The molecule has 0 aromatic rings. The second-order valence-corrected chi connectivity index (χ2v) is 10.9. The van der Waals surface area contributed by atoms with Crippen molar-refractivity contribution in [1.82, 2.24) is 16.0 Å². The van der Waals surface area contributed by atoms with Gasteiger partial charge in [0.1, 0.15) is 30.3 Å². The highest BCUT2D eigenvalue weighted by molar-refractivity contribution is 6.00. The third-order valence-electron chi connectivity index (χ3n) is 5.31. The van der Waals surface area contributed by atoms with Crippen molar-refractivity contribution in [2.75, 3.05) is 13.9 Å². The number of nitrogens with one attached hydrogen (secondary N) is 3. The zero-order chi connectivity index (χ0) is 31.0. The quantitative estimate of drug-likeness (QED) is 0.123. The summed E-state index contributed by atoms with van der Waals surface area (Å²) in [5.74, 6) is -4.80. The number of amides is 3. The van der Waals surface area contributed by atoms with Gasteiger partial charge in [0.15, 0.2) is 0 Å². The predicted molar refractivity (Wildman–Crippen MR) is 143 cm³/mol. The van der Waals surface area contributed by atoms with Gasteiger partial charge in [0.2, 0.25) is 24.5 Å². The summed E-state index contributed by atoms with van der Waals surface area (Å²) in [5.41, 5.74) is 0. The first-order chi connectivity index (χ1) is 18.5. The summed E-state index contributed by atoms with van der Waals surface area (Å²) < 4.78 is 14.7. The molecule has 0 radical (unpaired) electrons. The molecule has 0 aliphatic rings. The SMILES string of the molecule is COC(=O)C(CC(C)C)NC(=O)CC(=O)NC(CC(C)C)C(=O)OCOC(=O)C(CC(C)C)NC(=O)CC(C)=O. The van der Waals surface area contributed by atoms with Crippen LogP contribution in [-0.4, -0.2) is 73.4 Å². The van der Waals surface area contributed by atoms with Crippen molar-refractivity contribution in [2.24, 2.45) is 17.8 Å². The number of methoxy groups -OCH3 is 1. The number of hydrogen-bond acceptors (Lipinski definition) is 10. The number of rotatable bonds is 18. The smallest absolute Gasteiger partial charge is 0.331 e. The van der Waals surface area contributed by atoms with Gasteiger partial charge in [0.05, 0.1) is 13.5 Å². The van der Waals surface area contributed by atoms with Crippen molar-refractivity contribution in [3.05, 3.63) is 0 Å². The van der Waals surface area contributed by atoms with Gasteiger partial charge in [-0.15, -0.1) is 0 Å². The number of carbonyl (C=O) groups excluding carboxylic acids is 7. The van der Waals surface area contributed by atoms with Crippen molar-refractivity contribution in [1.29, 1.82) is 0 Å². The Labute approximate surface area is 235 Å². The first kappa shape index (κ1) is 36.5. The zero-order valence-corrected chi connectivity index (χ0v) is 24.8. The van der Waals surface area contributed by atoms with Crippen molar-refractivity contribution in [3.63, 3.8) is 0 Å². The second kappa shape index (κ2) is 18.7. The van der Waals surface area contributed by atoms with Crippen LogP contribution in [0.25, 0.3) is 0 Å². The second-order valence-electron chi connectivity index (χ2n) is 10.9. The number of ketones is 1. The molecule has 0 saturated carbocycles. The molecule has 3 atom stereocenters. The molecule has 40 heavy (non-hydrogen) atoms. The summed E-state index contributed by atoms with van der Waals surface area (Å²) >= 11 is 0. The van der Waals surface area contributed by atoms with Crippen LogP contribution in [0, 0.1) is 17.8 Å². The van der Waals surface area contributed by atoms with Gasteiger partial charge >= 0.3 is 17.9 Å². The highest BCUT2D eigenvalue weighted by Gasteiger charge is 2.28. The fourth-order valence-electron chi connectivity index (χ4n) is 3.65. The van der Waals surface area contributed by atoms with Crippen LogP contribution in [0.2, 0.25) is 0 Å². The molecule has 0 saturated heterocycles. The summed E-state index contributed by atoms with van der Waals surface area (Å²) in [4.78, 5) is 85.0. The van der Waals surface area contributed by atoms with E-state index in [4.69, 9.17) is 14.2 Å². The summed E-state index contributed by atoms with van der Waals surface area (Å²) in [7, 11) is 1.20. The Balaban J connectivity index is 5.09. The molecule has 13 nitrogen and oxygen atoms in total. The van der Waals surface area contributed by atoms with E-state index in [2.05, 4.69) is 16.0 Å². The Bertz CT molecular complexity index is 901. The fourth-order valence-corrected chi connectivity index (χ4v) is 3.65. The third kappa shape index (κ3) is 16.5. The monoisotopic (exact) mass is 571 g/mol. The minimum absolute atomic E-state index is 0.00818. The van der Waals surface area contributed by atoms with Crippen LogP contribution in [-0.2, 0) is 47.8 Å². The molecule has 0 aliphatic carbocycles. The van der Waals surface area contributed by atoms with Crippen LogP contribution in [0.5, 0.6) is 0 Å². The van der Waals surface area contributed by atoms with E-state index in [1.807, 2.05) is 41.5 Å². The molecule has 3 amide bonds. The standard InChI is InChI=1S/C27H45N3O10/c1-15(2)9-19(25(35)38-8)28-23(33)13-24(34)30-21(11-17(5)6)27(37)40-14-39-26(36)20(10-16(3)4)29-22(32)12-18(7)31/h15-17,19-21H,9-14H2,1-8H3,(H,28,33)(H,29,32)(H,30,34). The van der Waals surface area contributed by atoms with E-state index in [0.29, 0.717) is 6.42 Å². The molecular formula is C27H45N3O10. The lowest BCUT2D eigenvalue weighted by atomic mass is 10.0. The topological polar surface area (TPSA) is 183 Å². The van der Waals surface area contributed by atoms with E-state index in [1.165, 1.54) is 14.0 Å². The van der Waals surface area contributed by atoms with E-state index in [1.54, 1.807) is 0 Å².